The fourth-order valence-corrected chi connectivity index (χ4v) is 6.45. The van der Waals surface area contributed by atoms with Crippen molar-refractivity contribution < 1.29 is 0 Å². The maximum absolute atomic E-state index is 2.35. The largest absolute Gasteiger partial charge is 0.344 e. The molecule has 7 rings (SSSR count). The molecule has 2 aliphatic heterocycles. The number of nitrogens with zero attached hydrogens (tertiary/aromatic N) is 2. The van der Waals surface area contributed by atoms with E-state index in [1.54, 1.807) is 0 Å². The molecular weight excluding hydrogens is 436 g/mol. The Morgan fingerprint density at radius 3 is 0.833 bits per heavy atom. The summed E-state index contributed by atoms with van der Waals surface area (Å²) in [4.78, 5) is 4.67. The van der Waals surface area contributed by atoms with Crippen LogP contribution in [-0.2, 0) is 0 Å². The van der Waals surface area contributed by atoms with Crippen LogP contribution in [0, 0.1) is 0 Å². The number of hydrogen-bond donors (Lipinski definition) is 0. The van der Waals surface area contributed by atoms with Gasteiger partial charge in [-0.1, -0.05) is 97.1 Å². The molecular formula is C34H28N2. The van der Waals surface area contributed by atoms with Gasteiger partial charge in [0.05, 0.1) is 0 Å². The Balaban J connectivity index is 1.51. The molecule has 2 nitrogen and oxygen atoms in total. The molecule has 2 heteroatoms. The summed E-state index contributed by atoms with van der Waals surface area (Å²) in [6, 6.07) is 44.6. The number of hydrogen-bond acceptors (Lipinski definition) is 2. The van der Waals surface area contributed by atoms with Crippen LogP contribution >= 0.6 is 0 Å². The average molecular weight is 465 g/mol. The monoisotopic (exact) mass is 464 g/mol. The van der Waals surface area contributed by atoms with Gasteiger partial charge in [0.25, 0.3) is 0 Å². The van der Waals surface area contributed by atoms with Crippen molar-refractivity contribution in [3.8, 4) is 0 Å². The molecule has 0 spiro atoms. The fourth-order valence-electron chi connectivity index (χ4n) is 6.45. The van der Waals surface area contributed by atoms with Crippen LogP contribution in [0.15, 0.2) is 121 Å². The Kier molecular flexibility index (Phi) is 4.75. The van der Waals surface area contributed by atoms with Crippen LogP contribution in [0.5, 0.6) is 0 Å². The van der Waals surface area contributed by atoms with E-state index in [0.717, 1.165) is 0 Å². The zero-order valence-corrected chi connectivity index (χ0v) is 20.6. The van der Waals surface area contributed by atoms with E-state index in [1.165, 1.54) is 56.1 Å². The van der Waals surface area contributed by atoms with Gasteiger partial charge in [-0.3, -0.25) is 0 Å². The Labute approximate surface area is 213 Å². The second-order valence-corrected chi connectivity index (χ2v) is 9.85. The van der Waals surface area contributed by atoms with Gasteiger partial charge in [0, 0.05) is 48.7 Å². The quantitative estimate of drug-likeness (QED) is 0.260. The number of anilines is 4. The minimum absolute atomic E-state index is 0.170. The number of fused-ring (bicyclic) bond motifs is 4. The molecule has 0 amide bonds. The lowest BCUT2D eigenvalue weighted by atomic mass is 9.73. The van der Waals surface area contributed by atoms with E-state index < -0.39 is 0 Å². The standard InChI is InChI=1S/C34H28N2/c1-35-29-19-9-5-15-25(29)33(26-16-6-10-20-30(26)35)23-13-3-4-14-24(23)34-27-17-7-11-21-31(27)36(2)32-22-12-8-18-28(32)34/h3-22,33-34H,1-2H3. The highest BCUT2D eigenvalue weighted by Gasteiger charge is 2.35. The summed E-state index contributed by atoms with van der Waals surface area (Å²) in [6.07, 6.45) is 0. The van der Waals surface area contributed by atoms with Crippen LogP contribution in [0.25, 0.3) is 0 Å². The van der Waals surface area contributed by atoms with Crippen LogP contribution in [0.1, 0.15) is 45.2 Å². The van der Waals surface area contributed by atoms with Crippen molar-refractivity contribution in [2.75, 3.05) is 23.9 Å². The summed E-state index contributed by atoms with van der Waals surface area (Å²) in [6.45, 7) is 0. The highest BCUT2D eigenvalue weighted by Crippen LogP contribution is 2.53. The second kappa shape index (κ2) is 8.13. The maximum Gasteiger partial charge on any atom is 0.0450 e. The van der Waals surface area contributed by atoms with E-state index in [4.69, 9.17) is 0 Å². The molecule has 0 bridgehead atoms. The summed E-state index contributed by atoms with van der Waals surface area (Å²) < 4.78 is 0. The molecule has 2 aliphatic rings. The molecule has 0 radical (unpaired) electrons. The van der Waals surface area contributed by atoms with E-state index in [9.17, 15) is 0 Å². The molecule has 0 aromatic heterocycles. The van der Waals surface area contributed by atoms with Gasteiger partial charge in [-0.2, -0.15) is 0 Å². The third kappa shape index (κ3) is 2.97. The molecule has 36 heavy (non-hydrogen) atoms. The SMILES string of the molecule is CN1c2ccccc2C(c2ccccc2C2c3ccccc3N(C)c3ccccc32)c2ccccc21. The van der Waals surface area contributed by atoms with Crippen LogP contribution in [0.2, 0.25) is 0 Å². The molecule has 0 fully saturated rings. The summed E-state index contributed by atoms with van der Waals surface area (Å²) in [7, 11) is 4.37. The lowest BCUT2D eigenvalue weighted by Crippen LogP contribution is -2.25. The molecule has 0 saturated heterocycles. The lowest BCUT2D eigenvalue weighted by molar-refractivity contribution is 0.862. The van der Waals surface area contributed by atoms with Crippen molar-refractivity contribution in [2.24, 2.45) is 0 Å². The van der Waals surface area contributed by atoms with E-state index in [1.807, 2.05) is 0 Å². The molecule has 5 aromatic carbocycles. The van der Waals surface area contributed by atoms with Gasteiger partial charge < -0.3 is 9.80 Å². The summed E-state index contributed by atoms with van der Waals surface area (Å²) in [5.41, 5.74) is 13.3. The number of benzene rings is 5. The van der Waals surface area contributed by atoms with Gasteiger partial charge in [0.15, 0.2) is 0 Å². The Bertz CT molecular complexity index is 1390. The van der Waals surface area contributed by atoms with Gasteiger partial charge >= 0.3 is 0 Å². The topological polar surface area (TPSA) is 6.48 Å². The Hall–Kier alpha value is -4.30. The van der Waals surface area contributed by atoms with Crippen molar-refractivity contribution in [2.45, 2.75) is 11.8 Å². The van der Waals surface area contributed by atoms with Crippen molar-refractivity contribution in [3.05, 3.63) is 155 Å². The predicted octanol–water partition coefficient (Wildman–Crippen LogP) is 8.21. The van der Waals surface area contributed by atoms with Crippen molar-refractivity contribution in [1.29, 1.82) is 0 Å². The molecule has 174 valence electrons. The van der Waals surface area contributed by atoms with E-state index in [2.05, 4.69) is 145 Å². The zero-order chi connectivity index (χ0) is 24.2. The molecule has 0 unspecified atom stereocenters. The summed E-state index contributed by atoms with van der Waals surface area (Å²) >= 11 is 0. The first kappa shape index (κ1) is 21.0. The summed E-state index contributed by atoms with van der Waals surface area (Å²) in [5.74, 6) is 0.340. The third-order valence-electron chi connectivity index (χ3n) is 8.05. The Morgan fingerprint density at radius 1 is 0.333 bits per heavy atom. The normalized spacial score (nSPS) is 14.6. The average Bonchev–Trinajstić information content (AvgIpc) is 2.94. The second-order valence-electron chi connectivity index (χ2n) is 9.85. The van der Waals surface area contributed by atoms with Crippen LogP contribution in [0.3, 0.4) is 0 Å². The fraction of sp³-hybridized carbons (Fsp3) is 0.118. The van der Waals surface area contributed by atoms with Crippen LogP contribution in [0.4, 0.5) is 22.7 Å². The zero-order valence-electron chi connectivity index (χ0n) is 20.6. The van der Waals surface area contributed by atoms with Gasteiger partial charge in [0.2, 0.25) is 0 Å². The van der Waals surface area contributed by atoms with Gasteiger partial charge in [-0.15, -0.1) is 0 Å². The molecule has 0 N–H and O–H groups in total. The highest BCUT2D eigenvalue weighted by atomic mass is 15.1. The number of para-hydroxylation sites is 4. The van der Waals surface area contributed by atoms with Gasteiger partial charge in [-0.05, 0) is 57.6 Å². The van der Waals surface area contributed by atoms with Crippen molar-refractivity contribution >= 4 is 22.7 Å². The first-order chi connectivity index (χ1) is 17.7. The molecule has 0 saturated carbocycles. The van der Waals surface area contributed by atoms with Crippen LogP contribution < -0.4 is 9.80 Å². The highest BCUT2D eigenvalue weighted by molar-refractivity contribution is 5.80. The van der Waals surface area contributed by atoms with E-state index >= 15 is 0 Å². The lowest BCUT2D eigenvalue weighted by Gasteiger charge is -2.39. The summed E-state index contributed by atoms with van der Waals surface area (Å²) in [5, 5.41) is 0. The van der Waals surface area contributed by atoms with Crippen molar-refractivity contribution in [3.63, 3.8) is 0 Å². The van der Waals surface area contributed by atoms with Gasteiger partial charge in [0.1, 0.15) is 0 Å². The molecule has 0 atom stereocenters. The predicted molar refractivity (Wildman–Crippen MR) is 150 cm³/mol. The Morgan fingerprint density at radius 2 is 0.556 bits per heavy atom. The number of rotatable bonds is 2. The maximum atomic E-state index is 2.35. The van der Waals surface area contributed by atoms with Crippen LogP contribution in [-0.4, -0.2) is 14.1 Å². The minimum Gasteiger partial charge on any atom is -0.344 e. The van der Waals surface area contributed by atoms with E-state index in [-0.39, 0.29) is 11.8 Å². The first-order valence-corrected chi connectivity index (χ1v) is 12.7. The molecule has 0 aliphatic carbocycles. The molecule has 5 aromatic rings. The first-order valence-electron chi connectivity index (χ1n) is 12.7. The molecule has 2 heterocycles. The smallest absolute Gasteiger partial charge is 0.0450 e. The van der Waals surface area contributed by atoms with Crippen molar-refractivity contribution in [1.82, 2.24) is 0 Å². The minimum atomic E-state index is 0.170. The van der Waals surface area contributed by atoms with Gasteiger partial charge in [-0.25, -0.2) is 0 Å². The third-order valence-corrected chi connectivity index (χ3v) is 8.05. The van der Waals surface area contributed by atoms with E-state index in [0.29, 0.717) is 0 Å².